The van der Waals surface area contributed by atoms with Gasteiger partial charge in [-0.3, -0.25) is 0 Å². The van der Waals surface area contributed by atoms with E-state index in [1.165, 1.54) is 11.3 Å². The number of hydrogen-bond donors (Lipinski definition) is 0. The molecule has 70 valence electrons. The van der Waals surface area contributed by atoms with E-state index in [2.05, 4.69) is 31.9 Å². The van der Waals surface area contributed by atoms with E-state index in [0.29, 0.717) is 0 Å². The lowest BCUT2D eigenvalue weighted by molar-refractivity contribution is 0.436. The summed E-state index contributed by atoms with van der Waals surface area (Å²) in [6, 6.07) is 0. The summed E-state index contributed by atoms with van der Waals surface area (Å²) in [5, 5.41) is 6.14. The smallest absolute Gasteiger partial charge is 0.0352 e. The van der Waals surface area contributed by atoms with Crippen molar-refractivity contribution in [3.05, 3.63) is 11.6 Å². The molecule has 0 saturated heterocycles. The molecule has 2 nitrogen and oxygen atoms in total. The molecule has 2 heteroatoms. The molecule has 0 aliphatic rings. The zero-order valence-corrected chi connectivity index (χ0v) is 8.89. The molecule has 0 heterocycles. The van der Waals surface area contributed by atoms with Gasteiger partial charge in [0.25, 0.3) is 0 Å². The van der Waals surface area contributed by atoms with Crippen LogP contribution in [0.5, 0.6) is 0 Å². The summed E-state index contributed by atoms with van der Waals surface area (Å²) in [6.07, 6.45) is 4.41. The van der Waals surface area contributed by atoms with Gasteiger partial charge < -0.3 is 5.01 Å². The molecule has 0 N–H and O–H groups in total. The van der Waals surface area contributed by atoms with Gasteiger partial charge in [0.1, 0.15) is 0 Å². The SMILES string of the molecule is CC(C)=CCCC(C)=NN(C)C. The van der Waals surface area contributed by atoms with Gasteiger partial charge in [0.2, 0.25) is 0 Å². The van der Waals surface area contributed by atoms with Gasteiger partial charge in [-0.1, -0.05) is 11.6 Å². The highest BCUT2D eigenvalue weighted by molar-refractivity contribution is 5.81. The maximum Gasteiger partial charge on any atom is 0.0352 e. The second-order valence-corrected chi connectivity index (χ2v) is 3.50. The van der Waals surface area contributed by atoms with Crippen LogP contribution in [0.4, 0.5) is 0 Å². The zero-order chi connectivity index (χ0) is 9.56. The maximum absolute atomic E-state index is 4.29. The van der Waals surface area contributed by atoms with Crippen molar-refractivity contribution in [2.24, 2.45) is 5.10 Å². The van der Waals surface area contributed by atoms with Crippen molar-refractivity contribution in [2.75, 3.05) is 14.1 Å². The summed E-state index contributed by atoms with van der Waals surface area (Å²) < 4.78 is 0. The molecule has 0 saturated carbocycles. The van der Waals surface area contributed by atoms with E-state index >= 15 is 0 Å². The zero-order valence-electron chi connectivity index (χ0n) is 8.89. The first-order valence-electron chi connectivity index (χ1n) is 4.37. The molecule has 0 aromatic carbocycles. The number of nitrogens with zero attached hydrogens (tertiary/aromatic N) is 2. The van der Waals surface area contributed by atoms with Gasteiger partial charge in [0.05, 0.1) is 0 Å². The summed E-state index contributed by atoms with van der Waals surface area (Å²) in [5.41, 5.74) is 2.57. The molecule has 0 rings (SSSR count). The highest BCUT2D eigenvalue weighted by atomic mass is 15.4. The molecule has 0 aromatic heterocycles. The number of allylic oxidation sites excluding steroid dienone is 2. The standard InChI is InChI=1S/C10H20N2/c1-9(2)7-6-8-10(3)11-12(4)5/h7H,6,8H2,1-5H3. The van der Waals surface area contributed by atoms with Crippen LogP contribution in [0.1, 0.15) is 33.6 Å². The Morgan fingerprint density at radius 1 is 1.25 bits per heavy atom. The van der Waals surface area contributed by atoms with Gasteiger partial charge in [-0.15, -0.1) is 0 Å². The van der Waals surface area contributed by atoms with Crippen molar-refractivity contribution in [3.63, 3.8) is 0 Å². The molecule has 0 atom stereocenters. The summed E-state index contributed by atoms with van der Waals surface area (Å²) >= 11 is 0. The monoisotopic (exact) mass is 168 g/mol. The van der Waals surface area contributed by atoms with Crippen LogP contribution >= 0.6 is 0 Å². The van der Waals surface area contributed by atoms with Gasteiger partial charge >= 0.3 is 0 Å². The highest BCUT2D eigenvalue weighted by Gasteiger charge is 1.90. The molecule has 0 bridgehead atoms. The Hall–Kier alpha value is -0.790. The molecule has 12 heavy (non-hydrogen) atoms. The lowest BCUT2D eigenvalue weighted by Crippen LogP contribution is -2.05. The Kier molecular flexibility index (Phi) is 5.43. The minimum absolute atomic E-state index is 1.06. The Labute approximate surface area is 76.0 Å². The fourth-order valence-electron chi connectivity index (χ4n) is 0.961. The lowest BCUT2D eigenvalue weighted by Gasteiger charge is -2.05. The summed E-state index contributed by atoms with van der Waals surface area (Å²) in [4.78, 5) is 0. The predicted molar refractivity (Wildman–Crippen MR) is 55.5 cm³/mol. The van der Waals surface area contributed by atoms with Gasteiger partial charge in [-0.2, -0.15) is 5.10 Å². The molecule has 0 aromatic rings. The quantitative estimate of drug-likeness (QED) is 0.358. The van der Waals surface area contributed by atoms with Gasteiger partial charge in [0, 0.05) is 19.8 Å². The average molecular weight is 168 g/mol. The van der Waals surface area contributed by atoms with Crippen LogP contribution in [0.2, 0.25) is 0 Å². The highest BCUT2D eigenvalue weighted by Crippen LogP contribution is 1.99. The van der Waals surface area contributed by atoms with Crippen molar-refractivity contribution in [3.8, 4) is 0 Å². The van der Waals surface area contributed by atoms with Crippen molar-refractivity contribution >= 4 is 5.71 Å². The van der Waals surface area contributed by atoms with E-state index < -0.39 is 0 Å². The molecule has 0 radical (unpaired) electrons. The topological polar surface area (TPSA) is 15.6 Å². The van der Waals surface area contributed by atoms with E-state index in [1.807, 2.05) is 19.1 Å². The normalized spacial score (nSPS) is 11.2. The van der Waals surface area contributed by atoms with Crippen LogP contribution in [0.3, 0.4) is 0 Å². The van der Waals surface area contributed by atoms with Crippen molar-refractivity contribution in [1.29, 1.82) is 0 Å². The van der Waals surface area contributed by atoms with Crippen LogP contribution in [0, 0.1) is 0 Å². The minimum Gasteiger partial charge on any atom is -0.303 e. The molecular formula is C10H20N2. The molecule has 0 unspecified atom stereocenters. The van der Waals surface area contributed by atoms with Crippen LogP contribution in [0.15, 0.2) is 16.8 Å². The van der Waals surface area contributed by atoms with Crippen molar-refractivity contribution in [1.82, 2.24) is 5.01 Å². The summed E-state index contributed by atoms with van der Waals surface area (Å²) in [6.45, 7) is 6.32. The van der Waals surface area contributed by atoms with E-state index in [0.717, 1.165) is 12.8 Å². The Balaban J connectivity index is 3.71. The predicted octanol–water partition coefficient (Wildman–Crippen LogP) is 2.67. The fourth-order valence-corrected chi connectivity index (χ4v) is 0.961. The Bertz CT molecular complexity index is 174. The van der Waals surface area contributed by atoms with Crippen LogP contribution < -0.4 is 0 Å². The van der Waals surface area contributed by atoms with Gasteiger partial charge in [-0.05, 0) is 33.6 Å². The number of rotatable bonds is 4. The van der Waals surface area contributed by atoms with Gasteiger partial charge in [-0.25, -0.2) is 0 Å². The molecule has 0 aliphatic heterocycles. The third-order valence-corrected chi connectivity index (χ3v) is 1.43. The van der Waals surface area contributed by atoms with E-state index in [4.69, 9.17) is 0 Å². The van der Waals surface area contributed by atoms with E-state index in [1.54, 1.807) is 0 Å². The average Bonchev–Trinajstić information content (AvgIpc) is 1.84. The maximum atomic E-state index is 4.29. The number of hydrogen-bond acceptors (Lipinski definition) is 2. The molecule has 0 spiro atoms. The van der Waals surface area contributed by atoms with Crippen molar-refractivity contribution < 1.29 is 0 Å². The molecular weight excluding hydrogens is 148 g/mol. The van der Waals surface area contributed by atoms with E-state index in [9.17, 15) is 0 Å². The Morgan fingerprint density at radius 3 is 2.25 bits per heavy atom. The van der Waals surface area contributed by atoms with Crippen LogP contribution in [-0.4, -0.2) is 24.8 Å². The third kappa shape index (κ3) is 7.32. The van der Waals surface area contributed by atoms with Crippen LogP contribution in [0.25, 0.3) is 0 Å². The first kappa shape index (κ1) is 11.2. The second kappa shape index (κ2) is 5.81. The summed E-state index contributed by atoms with van der Waals surface area (Å²) in [7, 11) is 3.90. The molecule has 0 fully saturated rings. The Morgan fingerprint density at radius 2 is 1.83 bits per heavy atom. The minimum atomic E-state index is 1.06. The summed E-state index contributed by atoms with van der Waals surface area (Å²) in [5.74, 6) is 0. The first-order chi connectivity index (χ1) is 5.52. The second-order valence-electron chi connectivity index (χ2n) is 3.50. The molecule has 0 amide bonds. The first-order valence-corrected chi connectivity index (χ1v) is 4.37. The van der Waals surface area contributed by atoms with E-state index in [-0.39, 0.29) is 0 Å². The molecule has 0 aliphatic carbocycles. The van der Waals surface area contributed by atoms with Crippen molar-refractivity contribution in [2.45, 2.75) is 33.6 Å². The third-order valence-electron chi connectivity index (χ3n) is 1.43. The fraction of sp³-hybridized carbons (Fsp3) is 0.700. The number of hydrazone groups is 1. The largest absolute Gasteiger partial charge is 0.303 e. The lowest BCUT2D eigenvalue weighted by atomic mass is 10.2. The van der Waals surface area contributed by atoms with Crippen LogP contribution in [-0.2, 0) is 0 Å². The van der Waals surface area contributed by atoms with Gasteiger partial charge in [0.15, 0.2) is 0 Å².